The number of para-hydroxylation sites is 1. The van der Waals surface area contributed by atoms with Crippen LogP contribution in [-0.4, -0.2) is 58.3 Å². The van der Waals surface area contributed by atoms with Crippen molar-refractivity contribution in [2.24, 2.45) is 0 Å². The van der Waals surface area contributed by atoms with Gasteiger partial charge in [0.1, 0.15) is 5.82 Å². The average molecular weight is 389 g/mol. The zero-order valence-electron chi connectivity index (χ0n) is 16.8. The second-order valence-electron chi connectivity index (χ2n) is 8.49. The van der Waals surface area contributed by atoms with Crippen LogP contribution in [0.3, 0.4) is 0 Å². The second-order valence-corrected chi connectivity index (χ2v) is 8.49. The molecule has 5 nitrogen and oxygen atoms in total. The van der Waals surface area contributed by atoms with Crippen molar-refractivity contribution >= 4 is 16.7 Å². The average Bonchev–Trinajstić information content (AvgIpc) is 3.26. The van der Waals surface area contributed by atoms with Gasteiger partial charge in [-0.3, -0.25) is 0 Å². The van der Waals surface area contributed by atoms with E-state index in [1.807, 2.05) is 48.5 Å². The van der Waals surface area contributed by atoms with Gasteiger partial charge in [0.15, 0.2) is 5.82 Å². The molecule has 3 aromatic rings. The molecule has 1 N–H and O–H groups in total. The minimum atomic E-state index is -0.679. The fourth-order valence-corrected chi connectivity index (χ4v) is 4.80. The Kier molecular flexibility index (Phi) is 4.94. The first-order valence-electron chi connectivity index (χ1n) is 10.7. The molecule has 0 radical (unpaired) electrons. The number of aliphatic hydroxyl groups is 1. The Morgan fingerprint density at radius 1 is 0.862 bits per heavy atom. The van der Waals surface area contributed by atoms with E-state index in [9.17, 15) is 5.11 Å². The molecule has 29 heavy (non-hydrogen) atoms. The number of piperidine rings is 1. The van der Waals surface area contributed by atoms with E-state index in [0.29, 0.717) is 6.54 Å². The highest BCUT2D eigenvalue weighted by molar-refractivity contribution is 5.91. The van der Waals surface area contributed by atoms with Crippen molar-refractivity contribution in [3.05, 3.63) is 54.6 Å². The van der Waals surface area contributed by atoms with Crippen LogP contribution in [0, 0.1) is 0 Å². The molecule has 5 heteroatoms. The summed E-state index contributed by atoms with van der Waals surface area (Å²) in [5, 5.41) is 12.4. The molecule has 0 amide bonds. The number of hydrogen-bond donors (Lipinski definition) is 1. The number of β-amino-alcohol motifs (C(OH)–C–C–N with tert-alkyl or cyclic N) is 1. The van der Waals surface area contributed by atoms with Crippen molar-refractivity contribution < 1.29 is 5.11 Å². The first-order chi connectivity index (χ1) is 14.2. The zero-order valence-corrected chi connectivity index (χ0v) is 16.8. The second kappa shape index (κ2) is 7.73. The van der Waals surface area contributed by atoms with Crippen molar-refractivity contribution in [3.8, 4) is 11.4 Å². The van der Waals surface area contributed by atoms with E-state index in [-0.39, 0.29) is 0 Å². The fraction of sp³-hybridized carbons (Fsp3) is 0.417. The molecule has 1 aromatic heterocycles. The summed E-state index contributed by atoms with van der Waals surface area (Å²) in [5.74, 6) is 1.68. The van der Waals surface area contributed by atoms with Gasteiger partial charge >= 0.3 is 0 Å². The molecule has 0 unspecified atom stereocenters. The molecule has 0 bridgehead atoms. The number of hydrogen-bond acceptors (Lipinski definition) is 5. The predicted molar refractivity (Wildman–Crippen MR) is 117 cm³/mol. The van der Waals surface area contributed by atoms with Gasteiger partial charge < -0.3 is 14.9 Å². The molecular formula is C24H28N4O. The van der Waals surface area contributed by atoms with Crippen molar-refractivity contribution in [2.45, 2.75) is 31.3 Å². The number of benzene rings is 2. The molecule has 3 heterocycles. The van der Waals surface area contributed by atoms with Crippen LogP contribution in [0.25, 0.3) is 22.3 Å². The standard InChI is InChI=1S/C24H28N4O/c29-24(17-27-14-6-7-15-27)13-8-16-28(18-24)23-20-11-4-5-12-21(20)25-22(26-23)19-9-2-1-3-10-19/h1-5,9-12,29H,6-8,13-18H2/t24-/m1/s1. The molecule has 2 aliphatic heterocycles. The smallest absolute Gasteiger partial charge is 0.162 e. The minimum Gasteiger partial charge on any atom is -0.387 e. The number of nitrogens with zero attached hydrogens (tertiary/aromatic N) is 4. The topological polar surface area (TPSA) is 52.5 Å². The van der Waals surface area contributed by atoms with E-state index in [2.05, 4.69) is 15.9 Å². The van der Waals surface area contributed by atoms with Crippen LogP contribution in [-0.2, 0) is 0 Å². The lowest BCUT2D eigenvalue weighted by atomic mass is 9.92. The first kappa shape index (κ1) is 18.5. The number of anilines is 1. The monoisotopic (exact) mass is 388 g/mol. The van der Waals surface area contributed by atoms with Crippen molar-refractivity contribution in [1.29, 1.82) is 0 Å². The van der Waals surface area contributed by atoms with Crippen molar-refractivity contribution in [3.63, 3.8) is 0 Å². The minimum absolute atomic E-state index is 0.624. The van der Waals surface area contributed by atoms with Gasteiger partial charge in [-0.15, -0.1) is 0 Å². The maximum atomic E-state index is 11.4. The molecule has 2 aromatic carbocycles. The first-order valence-corrected chi connectivity index (χ1v) is 10.7. The highest BCUT2D eigenvalue weighted by atomic mass is 16.3. The number of likely N-dealkylation sites (tertiary alicyclic amines) is 1. The van der Waals surface area contributed by atoms with Crippen molar-refractivity contribution in [2.75, 3.05) is 37.6 Å². The van der Waals surface area contributed by atoms with E-state index in [1.54, 1.807) is 0 Å². The van der Waals surface area contributed by atoms with E-state index in [4.69, 9.17) is 9.97 Å². The largest absolute Gasteiger partial charge is 0.387 e. The fourth-order valence-electron chi connectivity index (χ4n) is 4.80. The van der Waals surface area contributed by atoms with E-state index >= 15 is 0 Å². The molecule has 5 rings (SSSR count). The lowest BCUT2D eigenvalue weighted by molar-refractivity contribution is -0.00231. The maximum Gasteiger partial charge on any atom is 0.162 e. The molecule has 1 atom stereocenters. The number of aromatic nitrogens is 2. The lowest BCUT2D eigenvalue weighted by Gasteiger charge is -2.42. The molecule has 2 fully saturated rings. The van der Waals surface area contributed by atoms with Gasteiger partial charge in [0.2, 0.25) is 0 Å². The normalized spacial score (nSPS) is 23.0. The Labute approximate surface area is 172 Å². The predicted octanol–water partition coefficient (Wildman–Crippen LogP) is 3.72. The Bertz CT molecular complexity index is 987. The van der Waals surface area contributed by atoms with Gasteiger partial charge in [-0.25, -0.2) is 9.97 Å². The SMILES string of the molecule is O[C@@]1(CN2CCCC2)CCCN(c2nc(-c3ccccc3)nc3ccccc23)C1. The van der Waals surface area contributed by atoms with Crippen LogP contribution in [0.4, 0.5) is 5.82 Å². The summed E-state index contributed by atoms with van der Waals surface area (Å²) in [6.45, 7) is 4.52. The maximum absolute atomic E-state index is 11.4. The molecule has 2 aliphatic rings. The molecule has 0 spiro atoms. The van der Waals surface area contributed by atoms with Gasteiger partial charge in [0.25, 0.3) is 0 Å². The highest BCUT2D eigenvalue weighted by Crippen LogP contribution is 2.32. The van der Waals surface area contributed by atoms with Crippen LogP contribution >= 0.6 is 0 Å². The number of fused-ring (bicyclic) bond motifs is 1. The Hall–Kier alpha value is -2.50. The summed E-state index contributed by atoms with van der Waals surface area (Å²) in [4.78, 5) is 14.5. The highest BCUT2D eigenvalue weighted by Gasteiger charge is 2.36. The Morgan fingerprint density at radius 3 is 2.45 bits per heavy atom. The zero-order chi connectivity index (χ0) is 19.7. The summed E-state index contributed by atoms with van der Waals surface area (Å²) in [6.07, 6.45) is 4.32. The molecule has 2 saturated heterocycles. The van der Waals surface area contributed by atoms with Gasteiger partial charge in [0.05, 0.1) is 11.1 Å². The summed E-state index contributed by atoms with van der Waals surface area (Å²) < 4.78 is 0. The number of rotatable bonds is 4. The molecule has 150 valence electrons. The summed E-state index contributed by atoms with van der Waals surface area (Å²) in [7, 11) is 0. The third kappa shape index (κ3) is 3.85. The van der Waals surface area contributed by atoms with Crippen LogP contribution in [0.5, 0.6) is 0 Å². The van der Waals surface area contributed by atoms with E-state index in [1.165, 1.54) is 12.8 Å². The molecule has 0 saturated carbocycles. The Morgan fingerprint density at radius 2 is 1.62 bits per heavy atom. The van der Waals surface area contributed by atoms with Crippen LogP contribution in [0.2, 0.25) is 0 Å². The third-order valence-electron chi connectivity index (χ3n) is 6.19. The summed E-state index contributed by atoms with van der Waals surface area (Å²) in [6, 6.07) is 18.3. The Balaban J connectivity index is 1.51. The van der Waals surface area contributed by atoms with Crippen molar-refractivity contribution in [1.82, 2.24) is 14.9 Å². The van der Waals surface area contributed by atoms with Gasteiger partial charge in [-0.05, 0) is 50.9 Å². The van der Waals surface area contributed by atoms with E-state index in [0.717, 1.165) is 67.1 Å². The van der Waals surface area contributed by atoms with Gasteiger partial charge in [-0.1, -0.05) is 42.5 Å². The lowest BCUT2D eigenvalue weighted by Crippen LogP contribution is -2.54. The van der Waals surface area contributed by atoms with Crippen LogP contribution in [0.15, 0.2) is 54.6 Å². The van der Waals surface area contributed by atoms with E-state index < -0.39 is 5.60 Å². The van der Waals surface area contributed by atoms with Crippen LogP contribution < -0.4 is 4.90 Å². The van der Waals surface area contributed by atoms with Gasteiger partial charge in [0, 0.05) is 30.6 Å². The molecular weight excluding hydrogens is 360 g/mol. The van der Waals surface area contributed by atoms with Gasteiger partial charge in [-0.2, -0.15) is 0 Å². The third-order valence-corrected chi connectivity index (χ3v) is 6.19. The summed E-state index contributed by atoms with van der Waals surface area (Å²) >= 11 is 0. The molecule has 0 aliphatic carbocycles. The quantitative estimate of drug-likeness (QED) is 0.738. The van der Waals surface area contributed by atoms with Crippen LogP contribution in [0.1, 0.15) is 25.7 Å². The summed E-state index contributed by atoms with van der Waals surface area (Å²) in [5.41, 5.74) is 1.29.